The zero-order valence-electron chi connectivity index (χ0n) is 27.2. The fourth-order valence-electron chi connectivity index (χ4n) is 7.21. The van der Waals surface area contributed by atoms with Crippen LogP contribution in [0, 0.1) is 0 Å². The molecule has 0 saturated carbocycles. The first-order valence-corrected chi connectivity index (χ1v) is 17.3. The van der Waals surface area contributed by atoms with Crippen LogP contribution in [0.1, 0.15) is 72.3 Å². The second-order valence-electron chi connectivity index (χ2n) is 13.0. The maximum absolute atomic E-state index is 14.0. The largest absolute Gasteiger partial charge is 0.385 e. The predicted molar refractivity (Wildman–Crippen MR) is 185 cm³/mol. The lowest BCUT2D eigenvalue weighted by atomic mass is 9.75. The van der Waals surface area contributed by atoms with Crippen LogP contribution in [0.4, 0.5) is 0 Å². The first-order valence-electron chi connectivity index (χ1n) is 16.9. The maximum Gasteiger partial charge on any atom is 0.256 e. The van der Waals surface area contributed by atoms with Gasteiger partial charge in [-0.3, -0.25) is 24.5 Å². The van der Waals surface area contributed by atoms with Crippen molar-refractivity contribution < 1.29 is 14.7 Å². The van der Waals surface area contributed by atoms with Gasteiger partial charge < -0.3 is 20.2 Å². The van der Waals surface area contributed by atoms with E-state index in [0.29, 0.717) is 49.4 Å². The molecule has 3 aromatic heterocycles. The number of hydrogen-bond acceptors (Lipinski definition) is 7. The van der Waals surface area contributed by atoms with Crippen LogP contribution in [0.25, 0.3) is 0 Å². The van der Waals surface area contributed by atoms with E-state index < -0.39 is 17.1 Å². The number of pyridine rings is 3. The molecule has 10 heteroatoms. The Labute approximate surface area is 287 Å². The van der Waals surface area contributed by atoms with E-state index in [2.05, 4.69) is 15.2 Å². The summed E-state index contributed by atoms with van der Waals surface area (Å²) in [5, 5.41) is 15.3. The number of likely N-dealkylation sites (tertiary alicyclic amines) is 2. The number of hydrogen-bond donors (Lipinski definition) is 2. The predicted octanol–water partition coefficient (Wildman–Crippen LogP) is 5.39. The van der Waals surface area contributed by atoms with E-state index in [0.717, 1.165) is 55.8 Å². The summed E-state index contributed by atoms with van der Waals surface area (Å²) in [5.74, 6) is -0.339. The van der Waals surface area contributed by atoms with Gasteiger partial charge in [0.1, 0.15) is 6.04 Å². The summed E-state index contributed by atoms with van der Waals surface area (Å²) in [5.41, 5.74) is 1.52. The third-order valence-corrected chi connectivity index (χ3v) is 10.2. The lowest BCUT2D eigenvalue weighted by molar-refractivity contribution is -0.126. The summed E-state index contributed by atoms with van der Waals surface area (Å²) in [6.45, 7) is 3.21. The van der Waals surface area contributed by atoms with Gasteiger partial charge in [-0.2, -0.15) is 0 Å². The zero-order chi connectivity index (χ0) is 33.4. The molecule has 2 saturated heterocycles. The summed E-state index contributed by atoms with van der Waals surface area (Å²) in [7, 11) is 0. The van der Waals surface area contributed by atoms with E-state index >= 15 is 0 Å². The summed E-state index contributed by atoms with van der Waals surface area (Å²) in [4.78, 5) is 45.2. The molecule has 0 bridgehead atoms. The van der Waals surface area contributed by atoms with E-state index in [1.807, 2.05) is 60.7 Å². The Balaban J connectivity index is 1.18. The summed E-state index contributed by atoms with van der Waals surface area (Å²) < 4.78 is 0. The molecule has 1 unspecified atom stereocenters. The topological polar surface area (TPSA) is 112 Å². The van der Waals surface area contributed by atoms with Gasteiger partial charge in [-0.15, -0.1) is 0 Å². The molecular weight excluding hydrogens is 624 g/mol. The Morgan fingerprint density at radius 1 is 0.896 bits per heavy atom. The molecule has 48 heavy (non-hydrogen) atoms. The van der Waals surface area contributed by atoms with Gasteiger partial charge in [-0.05, 0) is 106 Å². The van der Waals surface area contributed by atoms with Crippen molar-refractivity contribution in [2.75, 3.05) is 32.7 Å². The highest BCUT2D eigenvalue weighted by Crippen LogP contribution is 2.36. The number of carbonyl (C=O) groups is 2. The second kappa shape index (κ2) is 15.4. The number of aliphatic hydroxyl groups is 1. The highest BCUT2D eigenvalue weighted by Gasteiger charge is 2.40. The number of rotatable bonds is 11. The van der Waals surface area contributed by atoms with Crippen LogP contribution < -0.4 is 5.32 Å². The van der Waals surface area contributed by atoms with Crippen LogP contribution in [0.2, 0.25) is 5.02 Å². The Morgan fingerprint density at radius 2 is 1.60 bits per heavy atom. The van der Waals surface area contributed by atoms with Gasteiger partial charge in [0.25, 0.3) is 5.91 Å². The summed E-state index contributed by atoms with van der Waals surface area (Å²) in [6, 6.07) is 22.2. The first-order chi connectivity index (χ1) is 23.4. The van der Waals surface area contributed by atoms with Crippen LogP contribution >= 0.6 is 11.6 Å². The van der Waals surface area contributed by atoms with Crippen molar-refractivity contribution in [3.05, 3.63) is 125 Å². The van der Waals surface area contributed by atoms with Gasteiger partial charge in [0.15, 0.2) is 0 Å². The molecule has 2 aliphatic heterocycles. The minimum Gasteiger partial charge on any atom is -0.385 e. The fourth-order valence-corrected chi connectivity index (χ4v) is 7.33. The Bertz CT molecular complexity index is 1590. The molecule has 0 aliphatic carbocycles. The van der Waals surface area contributed by atoms with Crippen LogP contribution in [0.15, 0.2) is 97.6 Å². The number of carbonyl (C=O) groups excluding carboxylic acids is 2. The third-order valence-electron chi connectivity index (χ3n) is 9.99. The van der Waals surface area contributed by atoms with Crippen molar-refractivity contribution in [3.63, 3.8) is 0 Å². The normalized spacial score (nSPS) is 18.3. The van der Waals surface area contributed by atoms with Gasteiger partial charge in [-0.25, -0.2) is 0 Å². The van der Waals surface area contributed by atoms with Gasteiger partial charge in [0.2, 0.25) is 5.91 Å². The molecule has 2 aliphatic rings. The smallest absolute Gasteiger partial charge is 0.256 e. The number of amides is 2. The number of nitrogens with one attached hydrogen (secondary N) is 1. The first kappa shape index (κ1) is 33.7. The Hall–Kier alpha value is -4.18. The second-order valence-corrected chi connectivity index (χ2v) is 13.4. The van der Waals surface area contributed by atoms with Crippen LogP contribution in [0.5, 0.6) is 0 Å². The minimum absolute atomic E-state index is 0.166. The van der Waals surface area contributed by atoms with Crippen LogP contribution in [-0.4, -0.2) is 80.4 Å². The molecule has 4 aromatic rings. The molecular formula is C38H43ClN6O3. The van der Waals surface area contributed by atoms with E-state index in [4.69, 9.17) is 21.6 Å². The molecule has 5 heterocycles. The Kier molecular flexibility index (Phi) is 10.8. The number of halogens is 1. The van der Waals surface area contributed by atoms with Crippen molar-refractivity contribution in [2.45, 2.75) is 62.0 Å². The molecule has 0 spiro atoms. The highest BCUT2D eigenvalue weighted by molar-refractivity contribution is 6.30. The van der Waals surface area contributed by atoms with Crippen LogP contribution in [-0.2, 0) is 15.8 Å². The average Bonchev–Trinajstić information content (AvgIpc) is 3.15. The molecule has 6 rings (SSSR count). The SMILES string of the molecule is O=C(NCC(CCCN1CCC(O)(c2ccc(Cl)cc2)CC1)(c1ccccn1)c1ccccn1)C1CCCCN1C(=O)c1cccnc1. The van der Waals surface area contributed by atoms with E-state index in [9.17, 15) is 14.7 Å². The quantitative estimate of drug-likeness (QED) is 0.221. The molecule has 250 valence electrons. The van der Waals surface area contributed by atoms with Crippen LogP contribution in [0.3, 0.4) is 0 Å². The van der Waals surface area contributed by atoms with Crippen molar-refractivity contribution in [3.8, 4) is 0 Å². The lowest BCUT2D eigenvalue weighted by Crippen LogP contribution is -2.54. The summed E-state index contributed by atoms with van der Waals surface area (Å²) in [6.07, 6.45) is 11.9. The monoisotopic (exact) mass is 666 g/mol. The number of piperidine rings is 2. The lowest BCUT2D eigenvalue weighted by Gasteiger charge is -2.40. The van der Waals surface area contributed by atoms with Crippen molar-refractivity contribution >= 4 is 23.4 Å². The van der Waals surface area contributed by atoms with Gasteiger partial charge in [-0.1, -0.05) is 35.9 Å². The molecule has 9 nitrogen and oxygen atoms in total. The van der Waals surface area contributed by atoms with Gasteiger partial charge >= 0.3 is 0 Å². The molecule has 1 atom stereocenters. The number of benzene rings is 1. The van der Waals surface area contributed by atoms with Gasteiger partial charge in [0.05, 0.1) is 28.0 Å². The molecule has 2 fully saturated rings. The number of aromatic nitrogens is 3. The minimum atomic E-state index is -0.859. The van der Waals surface area contributed by atoms with Crippen molar-refractivity contribution in [1.29, 1.82) is 0 Å². The number of nitrogens with zero attached hydrogens (tertiary/aromatic N) is 5. The third kappa shape index (κ3) is 7.59. The van der Waals surface area contributed by atoms with E-state index in [-0.39, 0.29) is 11.8 Å². The average molecular weight is 667 g/mol. The maximum atomic E-state index is 14.0. The zero-order valence-corrected chi connectivity index (χ0v) is 27.9. The standard InChI is InChI=1S/C38H43ClN6O3/c39-31-15-13-30(14-16-31)38(48)18-25-44(26-19-38)23-8-17-37(33-11-1-4-21-41-33,34-12-2-5-22-42-34)28-43-35(46)32-10-3-6-24-45(32)36(47)29-9-7-20-40-27-29/h1-2,4-5,7,9,11-16,20-22,27,32,48H,3,6,8,10,17-19,23-26,28H2,(H,43,46). The van der Waals surface area contributed by atoms with Crippen molar-refractivity contribution in [2.24, 2.45) is 0 Å². The van der Waals surface area contributed by atoms with E-state index in [1.165, 1.54) is 0 Å². The molecule has 0 radical (unpaired) electrons. The Morgan fingerprint density at radius 3 is 2.23 bits per heavy atom. The molecule has 1 aromatic carbocycles. The summed E-state index contributed by atoms with van der Waals surface area (Å²) >= 11 is 6.08. The van der Waals surface area contributed by atoms with Crippen molar-refractivity contribution in [1.82, 2.24) is 30.1 Å². The molecule has 2 amide bonds. The van der Waals surface area contributed by atoms with Gasteiger partial charge in [0, 0.05) is 56.0 Å². The highest BCUT2D eigenvalue weighted by atomic mass is 35.5. The van der Waals surface area contributed by atoms with E-state index in [1.54, 1.807) is 41.8 Å². The molecule has 2 N–H and O–H groups in total. The fraction of sp³-hybridized carbons (Fsp3) is 0.395.